The Kier molecular flexibility index (Phi) is 9.60. The van der Waals surface area contributed by atoms with E-state index in [0.717, 1.165) is 67.0 Å². The molecule has 0 radical (unpaired) electrons. The van der Waals surface area contributed by atoms with Crippen molar-refractivity contribution < 1.29 is 19.1 Å². The number of ether oxygens (including phenoxy) is 2. The van der Waals surface area contributed by atoms with Crippen molar-refractivity contribution in [2.45, 2.75) is 64.9 Å². The number of likely N-dealkylation sites (tertiary alicyclic amines) is 1. The van der Waals surface area contributed by atoms with E-state index in [1.165, 1.54) is 5.56 Å². The first-order valence-corrected chi connectivity index (χ1v) is 15.8. The van der Waals surface area contributed by atoms with Crippen LogP contribution in [0.15, 0.2) is 60.7 Å². The largest absolute Gasteiger partial charge is 0.466 e. The van der Waals surface area contributed by atoms with E-state index in [-0.39, 0.29) is 18.0 Å². The van der Waals surface area contributed by atoms with Crippen molar-refractivity contribution in [1.82, 2.24) is 9.88 Å². The lowest BCUT2D eigenvalue weighted by molar-refractivity contribution is -0.148. The Bertz CT molecular complexity index is 1420. The number of halogens is 1. The molecule has 3 heterocycles. The lowest BCUT2D eigenvalue weighted by Crippen LogP contribution is -2.41. The fourth-order valence-corrected chi connectivity index (χ4v) is 6.16. The van der Waals surface area contributed by atoms with Gasteiger partial charge in [-0.2, -0.15) is 0 Å². The summed E-state index contributed by atoms with van der Waals surface area (Å²) in [5, 5.41) is 0.662. The van der Waals surface area contributed by atoms with Crippen molar-refractivity contribution in [3.8, 4) is 22.4 Å². The van der Waals surface area contributed by atoms with E-state index in [1.54, 1.807) is 0 Å². The molecule has 1 amide bonds. The molecular weight excluding hydrogens is 562 g/mol. The number of anilines is 1. The zero-order chi connectivity index (χ0) is 30.6. The second-order valence-electron chi connectivity index (χ2n) is 12.4. The minimum Gasteiger partial charge on any atom is -0.466 e. The number of aromatic nitrogens is 1. The number of hydrogen-bond donors (Lipinski definition) is 0. The number of carbonyl (C=O) groups is 2. The Morgan fingerprint density at radius 3 is 2.26 bits per heavy atom. The second kappa shape index (κ2) is 13.4. The van der Waals surface area contributed by atoms with Crippen LogP contribution in [0.3, 0.4) is 0 Å². The van der Waals surface area contributed by atoms with Crippen LogP contribution in [0, 0.1) is 5.92 Å². The Morgan fingerprint density at radius 1 is 0.907 bits per heavy atom. The summed E-state index contributed by atoms with van der Waals surface area (Å²) in [4.78, 5) is 33.8. The Labute approximate surface area is 260 Å². The first-order valence-electron chi connectivity index (χ1n) is 15.4. The number of carbonyl (C=O) groups excluding carboxylic acids is 2. The van der Waals surface area contributed by atoms with Crippen molar-refractivity contribution in [3.63, 3.8) is 0 Å². The summed E-state index contributed by atoms with van der Waals surface area (Å²) in [5.41, 5.74) is 4.82. The first kappa shape index (κ1) is 30.9. The third-order valence-corrected chi connectivity index (χ3v) is 8.51. The van der Waals surface area contributed by atoms with Crippen molar-refractivity contribution in [2.75, 3.05) is 37.7 Å². The molecule has 2 fully saturated rings. The average Bonchev–Trinajstić information content (AvgIpc) is 3.01. The van der Waals surface area contributed by atoms with E-state index in [0.29, 0.717) is 30.6 Å². The van der Waals surface area contributed by atoms with Crippen molar-refractivity contribution in [1.29, 1.82) is 0 Å². The van der Waals surface area contributed by atoms with Crippen LogP contribution in [0.1, 0.15) is 64.9 Å². The van der Waals surface area contributed by atoms with Crippen molar-refractivity contribution in [3.05, 3.63) is 71.2 Å². The van der Waals surface area contributed by atoms with Gasteiger partial charge in [-0.3, -0.25) is 4.79 Å². The summed E-state index contributed by atoms with van der Waals surface area (Å²) in [6, 6.07) is 20.8. The van der Waals surface area contributed by atoms with Crippen LogP contribution < -0.4 is 4.90 Å². The zero-order valence-corrected chi connectivity index (χ0v) is 26.4. The highest BCUT2D eigenvalue weighted by Gasteiger charge is 2.28. The molecule has 8 heteroatoms. The maximum Gasteiger partial charge on any atom is 0.410 e. The molecule has 3 aromatic rings. The molecule has 2 aromatic carbocycles. The standard InChI is InChI=1S/C35H42ClN3O4/c1-5-42-33(40)27-17-19-38(20-18-27)32-8-6-7-31(37-32)30-23-28(36)13-14-29(30)26-11-9-24(10-12-26)25-15-21-39(22-16-25)34(41)43-35(2,3)4/h6-14,23,25,27H,5,15-22H2,1-4H3. The van der Waals surface area contributed by atoms with Gasteiger partial charge in [-0.15, -0.1) is 0 Å². The van der Waals surface area contributed by atoms with Crippen molar-refractivity contribution >= 4 is 29.5 Å². The topological polar surface area (TPSA) is 72.0 Å². The first-order chi connectivity index (χ1) is 20.6. The molecule has 2 aliphatic rings. The maximum atomic E-state index is 12.5. The number of rotatable bonds is 6. The van der Waals surface area contributed by atoms with E-state index in [4.69, 9.17) is 26.1 Å². The summed E-state index contributed by atoms with van der Waals surface area (Å²) < 4.78 is 10.8. The van der Waals surface area contributed by atoms with Crippen LogP contribution in [0.5, 0.6) is 0 Å². The number of esters is 1. The summed E-state index contributed by atoms with van der Waals surface area (Å²) in [5.74, 6) is 1.17. The highest BCUT2D eigenvalue weighted by Crippen LogP contribution is 2.36. The van der Waals surface area contributed by atoms with Gasteiger partial charge in [-0.25, -0.2) is 9.78 Å². The van der Waals surface area contributed by atoms with Crippen LogP contribution in [0.2, 0.25) is 5.02 Å². The summed E-state index contributed by atoms with van der Waals surface area (Å²) in [7, 11) is 0. The lowest BCUT2D eigenvalue weighted by atomic mass is 9.88. The average molecular weight is 604 g/mol. The molecule has 0 saturated carbocycles. The van der Waals surface area contributed by atoms with Crippen LogP contribution in [0.4, 0.5) is 10.6 Å². The number of pyridine rings is 1. The molecule has 0 N–H and O–H groups in total. The molecular formula is C35H42ClN3O4. The summed E-state index contributed by atoms with van der Waals surface area (Å²) in [6.07, 6.45) is 3.13. The quantitative estimate of drug-likeness (QED) is 0.266. The Morgan fingerprint density at radius 2 is 1.60 bits per heavy atom. The summed E-state index contributed by atoms with van der Waals surface area (Å²) in [6.45, 7) is 10.9. The van der Waals surface area contributed by atoms with E-state index in [1.807, 2.05) is 62.9 Å². The number of benzene rings is 2. The SMILES string of the molecule is CCOC(=O)C1CCN(c2cccc(-c3cc(Cl)ccc3-c3ccc(C4CCN(C(=O)OC(C)(C)C)CC4)cc3)n2)CC1. The van der Waals surface area contributed by atoms with Gasteiger partial charge in [0.15, 0.2) is 0 Å². The van der Waals surface area contributed by atoms with Gasteiger partial charge in [0.1, 0.15) is 11.4 Å². The van der Waals surface area contributed by atoms with Gasteiger partial charge in [-0.1, -0.05) is 48.0 Å². The highest BCUT2D eigenvalue weighted by atomic mass is 35.5. The normalized spacial score (nSPS) is 16.7. The molecule has 43 heavy (non-hydrogen) atoms. The number of nitrogens with zero attached hydrogens (tertiary/aromatic N) is 3. The third kappa shape index (κ3) is 7.69. The van der Waals surface area contributed by atoms with Crippen molar-refractivity contribution in [2.24, 2.45) is 5.92 Å². The number of piperidine rings is 2. The third-order valence-electron chi connectivity index (χ3n) is 8.27. The molecule has 0 bridgehead atoms. The monoisotopic (exact) mass is 603 g/mol. The minimum atomic E-state index is -0.482. The van der Waals surface area contributed by atoms with Crippen LogP contribution in [-0.2, 0) is 14.3 Å². The van der Waals surface area contributed by atoms with Gasteiger partial charge < -0.3 is 19.3 Å². The molecule has 2 saturated heterocycles. The fraction of sp³-hybridized carbons (Fsp3) is 0.457. The molecule has 7 nitrogen and oxygen atoms in total. The molecule has 0 spiro atoms. The molecule has 1 aromatic heterocycles. The van der Waals surface area contributed by atoms with E-state index >= 15 is 0 Å². The van der Waals surface area contributed by atoms with E-state index < -0.39 is 5.60 Å². The minimum absolute atomic E-state index is 0.0422. The molecule has 228 valence electrons. The van der Waals surface area contributed by atoms with E-state index in [2.05, 4.69) is 35.2 Å². The molecule has 2 aliphatic heterocycles. The molecule has 0 aliphatic carbocycles. The van der Waals surface area contributed by atoms with Gasteiger partial charge in [0, 0.05) is 36.8 Å². The fourth-order valence-electron chi connectivity index (χ4n) is 5.99. The smallest absolute Gasteiger partial charge is 0.410 e. The Hall–Kier alpha value is -3.58. The predicted molar refractivity (Wildman–Crippen MR) is 171 cm³/mol. The van der Waals surface area contributed by atoms with Crippen LogP contribution in [-0.4, -0.2) is 60.3 Å². The lowest BCUT2D eigenvalue weighted by Gasteiger charge is -2.33. The molecule has 0 unspecified atom stereocenters. The van der Waals surface area contributed by atoms with Crippen LogP contribution in [0.25, 0.3) is 22.4 Å². The Balaban J connectivity index is 1.29. The second-order valence-corrected chi connectivity index (χ2v) is 12.9. The van der Waals surface area contributed by atoms with E-state index in [9.17, 15) is 9.59 Å². The van der Waals surface area contributed by atoms with Gasteiger partial charge in [0.2, 0.25) is 0 Å². The molecule has 5 rings (SSSR count). The predicted octanol–water partition coefficient (Wildman–Crippen LogP) is 7.96. The zero-order valence-electron chi connectivity index (χ0n) is 25.6. The van der Waals surface area contributed by atoms with Gasteiger partial charge in [-0.05, 0) is 100 Å². The summed E-state index contributed by atoms with van der Waals surface area (Å²) >= 11 is 6.49. The number of amides is 1. The van der Waals surface area contributed by atoms with Gasteiger partial charge in [0.05, 0.1) is 18.2 Å². The number of hydrogen-bond acceptors (Lipinski definition) is 6. The molecule has 0 atom stereocenters. The van der Waals surface area contributed by atoms with Crippen LogP contribution >= 0.6 is 11.6 Å². The van der Waals surface area contributed by atoms with Gasteiger partial charge >= 0.3 is 12.1 Å². The van der Waals surface area contributed by atoms with Gasteiger partial charge in [0.25, 0.3) is 0 Å². The maximum absolute atomic E-state index is 12.5. The highest BCUT2D eigenvalue weighted by molar-refractivity contribution is 6.31.